The van der Waals surface area contributed by atoms with Gasteiger partial charge in [0.2, 0.25) is 0 Å². The van der Waals surface area contributed by atoms with Crippen LogP contribution in [-0.4, -0.2) is 43.2 Å². The smallest absolute Gasteiger partial charge is 0.161 e. The number of methoxy groups -OCH3 is 1. The molecule has 0 amide bonds. The molecule has 1 fully saturated rings. The summed E-state index contributed by atoms with van der Waals surface area (Å²) in [6.07, 6.45) is 3.89. The quantitative estimate of drug-likeness (QED) is 0.594. The van der Waals surface area contributed by atoms with Crippen molar-refractivity contribution in [3.05, 3.63) is 89.7 Å². The topological polar surface area (TPSA) is 46.6 Å². The Morgan fingerprint density at radius 2 is 1.84 bits per heavy atom. The predicted molar refractivity (Wildman–Crippen MR) is 124 cm³/mol. The van der Waals surface area contributed by atoms with E-state index in [0.717, 1.165) is 61.8 Å². The van der Waals surface area contributed by atoms with Gasteiger partial charge in [-0.15, -0.1) is 0 Å². The summed E-state index contributed by atoms with van der Waals surface area (Å²) in [5, 5.41) is 3.51. The normalized spacial score (nSPS) is 15.8. The Kier molecular flexibility index (Phi) is 7.53. The SMILES string of the molecule is COc1cc(C(Cc2ccccn2)N2CCCNCC2)ccc1OCc1ccccc1. The molecule has 1 N–H and O–H groups in total. The molecule has 1 aromatic heterocycles. The molecule has 5 nitrogen and oxygen atoms in total. The molecule has 162 valence electrons. The van der Waals surface area contributed by atoms with E-state index < -0.39 is 0 Å². The minimum Gasteiger partial charge on any atom is -0.493 e. The van der Waals surface area contributed by atoms with Crippen molar-refractivity contribution in [2.24, 2.45) is 0 Å². The van der Waals surface area contributed by atoms with Gasteiger partial charge in [-0.05, 0) is 48.4 Å². The van der Waals surface area contributed by atoms with Gasteiger partial charge in [-0.3, -0.25) is 9.88 Å². The van der Waals surface area contributed by atoms with Gasteiger partial charge in [0.05, 0.1) is 7.11 Å². The maximum atomic E-state index is 6.07. The molecule has 31 heavy (non-hydrogen) atoms. The summed E-state index contributed by atoms with van der Waals surface area (Å²) in [7, 11) is 1.71. The molecule has 1 aliphatic rings. The molecule has 1 aliphatic heterocycles. The zero-order valence-corrected chi connectivity index (χ0v) is 18.2. The average molecular weight is 418 g/mol. The highest BCUT2D eigenvalue weighted by Gasteiger charge is 2.23. The number of aromatic nitrogens is 1. The van der Waals surface area contributed by atoms with Crippen LogP contribution in [-0.2, 0) is 13.0 Å². The maximum absolute atomic E-state index is 6.07. The summed E-state index contributed by atoms with van der Waals surface area (Å²) < 4.78 is 11.8. The third kappa shape index (κ3) is 5.84. The van der Waals surface area contributed by atoms with Gasteiger partial charge >= 0.3 is 0 Å². The highest BCUT2D eigenvalue weighted by Crippen LogP contribution is 2.34. The van der Waals surface area contributed by atoms with Gasteiger partial charge in [0.1, 0.15) is 6.61 Å². The van der Waals surface area contributed by atoms with Crippen molar-refractivity contribution in [3.63, 3.8) is 0 Å². The lowest BCUT2D eigenvalue weighted by molar-refractivity contribution is 0.207. The summed E-state index contributed by atoms with van der Waals surface area (Å²) in [4.78, 5) is 7.15. The van der Waals surface area contributed by atoms with Gasteiger partial charge in [-0.2, -0.15) is 0 Å². The van der Waals surface area contributed by atoms with Gasteiger partial charge in [0, 0.05) is 44.0 Å². The lowest BCUT2D eigenvalue weighted by atomic mass is 9.98. The number of hydrogen-bond acceptors (Lipinski definition) is 5. The van der Waals surface area contributed by atoms with Crippen LogP contribution in [0.25, 0.3) is 0 Å². The first kappa shape index (κ1) is 21.3. The summed E-state index contributed by atoms with van der Waals surface area (Å²) in [6.45, 7) is 4.69. The van der Waals surface area contributed by atoms with Crippen molar-refractivity contribution in [1.82, 2.24) is 15.2 Å². The Balaban J connectivity index is 1.57. The predicted octanol–water partition coefficient (Wildman–Crippen LogP) is 4.25. The first-order valence-corrected chi connectivity index (χ1v) is 11.0. The van der Waals surface area contributed by atoms with E-state index >= 15 is 0 Å². The Labute approximate surface area is 185 Å². The lowest BCUT2D eigenvalue weighted by Gasteiger charge is -2.31. The zero-order valence-electron chi connectivity index (χ0n) is 18.2. The number of rotatable bonds is 8. The van der Waals surface area contributed by atoms with Crippen molar-refractivity contribution in [3.8, 4) is 11.5 Å². The molecular weight excluding hydrogens is 386 g/mol. The third-order valence-electron chi connectivity index (χ3n) is 5.75. The maximum Gasteiger partial charge on any atom is 0.161 e. The first-order chi connectivity index (χ1) is 15.3. The monoisotopic (exact) mass is 417 g/mol. The highest BCUT2D eigenvalue weighted by atomic mass is 16.5. The zero-order chi connectivity index (χ0) is 21.3. The van der Waals surface area contributed by atoms with Crippen LogP contribution in [0.3, 0.4) is 0 Å². The van der Waals surface area contributed by atoms with Gasteiger partial charge in [-0.25, -0.2) is 0 Å². The minimum atomic E-state index is 0.242. The van der Waals surface area contributed by atoms with Crippen molar-refractivity contribution in [1.29, 1.82) is 0 Å². The van der Waals surface area contributed by atoms with E-state index in [9.17, 15) is 0 Å². The van der Waals surface area contributed by atoms with Crippen LogP contribution in [0.5, 0.6) is 11.5 Å². The second kappa shape index (κ2) is 10.9. The fourth-order valence-corrected chi connectivity index (χ4v) is 4.10. The summed E-state index contributed by atoms with van der Waals surface area (Å²) >= 11 is 0. The van der Waals surface area contributed by atoms with Crippen LogP contribution < -0.4 is 14.8 Å². The summed E-state index contributed by atoms with van der Waals surface area (Å²) in [6, 6.07) is 22.9. The van der Waals surface area contributed by atoms with E-state index in [1.54, 1.807) is 7.11 Å². The standard InChI is InChI=1S/C26H31N3O2/c1-30-26-18-22(11-12-25(26)31-20-21-8-3-2-4-9-21)24(19-23-10-5-6-14-28-23)29-16-7-13-27-15-17-29/h2-6,8-12,14,18,24,27H,7,13,15-17,19-20H2,1H3. The molecule has 0 bridgehead atoms. The molecule has 0 saturated carbocycles. The molecule has 1 saturated heterocycles. The van der Waals surface area contributed by atoms with Gasteiger partial charge in [0.25, 0.3) is 0 Å². The number of nitrogens with one attached hydrogen (secondary N) is 1. The van der Waals surface area contributed by atoms with Crippen LogP contribution >= 0.6 is 0 Å². The molecular formula is C26H31N3O2. The molecule has 3 aromatic rings. The van der Waals surface area contributed by atoms with E-state index in [1.807, 2.05) is 36.5 Å². The number of ether oxygens (including phenoxy) is 2. The van der Waals surface area contributed by atoms with Crippen LogP contribution in [0, 0.1) is 0 Å². The lowest BCUT2D eigenvalue weighted by Crippen LogP contribution is -2.33. The van der Waals surface area contributed by atoms with Gasteiger partial charge in [0.15, 0.2) is 11.5 Å². The molecule has 4 rings (SSSR count). The van der Waals surface area contributed by atoms with E-state index in [2.05, 4.69) is 51.6 Å². The number of benzene rings is 2. The third-order valence-corrected chi connectivity index (χ3v) is 5.75. The Morgan fingerprint density at radius 1 is 0.968 bits per heavy atom. The molecule has 1 atom stereocenters. The van der Waals surface area contributed by atoms with Crippen LogP contribution in [0.15, 0.2) is 72.9 Å². The Bertz CT molecular complexity index is 926. The molecule has 0 aliphatic carbocycles. The number of pyridine rings is 1. The summed E-state index contributed by atoms with van der Waals surface area (Å²) in [5.41, 5.74) is 3.48. The molecule has 0 spiro atoms. The second-order valence-electron chi connectivity index (χ2n) is 7.87. The largest absolute Gasteiger partial charge is 0.493 e. The first-order valence-electron chi connectivity index (χ1n) is 11.0. The summed E-state index contributed by atoms with van der Waals surface area (Å²) in [5.74, 6) is 1.54. The van der Waals surface area contributed by atoms with Crippen LogP contribution in [0.2, 0.25) is 0 Å². The van der Waals surface area contributed by atoms with E-state index in [1.165, 1.54) is 5.56 Å². The fourth-order valence-electron chi connectivity index (χ4n) is 4.10. The highest BCUT2D eigenvalue weighted by molar-refractivity contribution is 5.44. The molecule has 1 unspecified atom stereocenters. The van der Waals surface area contributed by atoms with Gasteiger partial charge in [-0.1, -0.05) is 42.5 Å². The van der Waals surface area contributed by atoms with Crippen molar-refractivity contribution >= 4 is 0 Å². The van der Waals surface area contributed by atoms with Crippen molar-refractivity contribution in [2.75, 3.05) is 33.3 Å². The van der Waals surface area contributed by atoms with Crippen LogP contribution in [0.1, 0.15) is 29.3 Å². The Hall–Kier alpha value is -2.89. The number of hydrogen-bond donors (Lipinski definition) is 1. The van der Waals surface area contributed by atoms with E-state index in [-0.39, 0.29) is 6.04 Å². The minimum absolute atomic E-state index is 0.242. The molecule has 2 aromatic carbocycles. The second-order valence-corrected chi connectivity index (χ2v) is 7.87. The fraction of sp³-hybridized carbons (Fsp3) is 0.346. The van der Waals surface area contributed by atoms with Crippen molar-refractivity contribution in [2.45, 2.75) is 25.5 Å². The molecule has 5 heteroatoms. The molecule has 0 radical (unpaired) electrons. The Morgan fingerprint density at radius 3 is 2.65 bits per heavy atom. The van der Waals surface area contributed by atoms with Crippen LogP contribution in [0.4, 0.5) is 0 Å². The van der Waals surface area contributed by atoms with E-state index in [4.69, 9.17) is 9.47 Å². The van der Waals surface area contributed by atoms with Crippen molar-refractivity contribution < 1.29 is 9.47 Å². The molecule has 2 heterocycles. The average Bonchev–Trinajstić information content (AvgIpc) is 3.12. The van der Waals surface area contributed by atoms with Gasteiger partial charge < -0.3 is 14.8 Å². The van der Waals surface area contributed by atoms with E-state index in [0.29, 0.717) is 6.61 Å². The number of nitrogens with zero attached hydrogens (tertiary/aromatic N) is 2.